The fourth-order valence-electron chi connectivity index (χ4n) is 4.11. The van der Waals surface area contributed by atoms with Gasteiger partial charge in [-0.1, -0.05) is 65.8 Å². The molecule has 4 rings (SSSR count). The van der Waals surface area contributed by atoms with Crippen molar-refractivity contribution < 1.29 is 34.7 Å². The number of ether oxygens (including phenoxy) is 1. The molecule has 0 spiro atoms. The van der Waals surface area contributed by atoms with Gasteiger partial charge in [-0.15, -0.1) is 12.1 Å². The molecule has 0 fully saturated rings. The van der Waals surface area contributed by atoms with E-state index in [9.17, 15) is 9.90 Å². The number of pyridine rings is 1. The van der Waals surface area contributed by atoms with Crippen molar-refractivity contribution in [3.05, 3.63) is 90.8 Å². The van der Waals surface area contributed by atoms with Crippen molar-refractivity contribution in [1.82, 2.24) is 4.98 Å². The number of hydrogen-bond acceptors (Lipinski definition) is 4. The van der Waals surface area contributed by atoms with Gasteiger partial charge in [-0.2, -0.15) is 18.2 Å². The molecule has 4 nitrogen and oxygen atoms in total. The van der Waals surface area contributed by atoms with Gasteiger partial charge in [-0.3, -0.25) is 4.79 Å². The molecule has 3 aromatic carbocycles. The molecule has 1 aromatic heterocycles. The second kappa shape index (κ2) is 14.4. The Balaban J connectivity index is 0.000000275. The molecule has 0 atom stereocenters. The number of ketones is 1. The zero-order chi connectivity index (χ0) is 27.8. The molecule has 0 aliphatic carbocycles. The summed E-state index contributed by atoms with van der Waals surface area (Å²) in [7, 11) is 0. The van der Waals surface area contributed by atoms with Crippen LogP contribution in [0.5, 0.6) is 11.6 Å². The number of fused-ring (bicyclic) bond motifs is 2. The first-order valence-corrected chi connectivity index (χ1v) is 13.6. The van der Waals surface area contributed by atoms with Crippen molar-refractivity contribution in [3.8, 4) is 11.6 Å². The number of carbonyl (C=O) groups excluding carboxylic acids is 1. The van der Waals surface area contributed by atoms with Crippen LogP contribution in [0.3, 0.4) is 0 Å². The Kier molecular flexibility index (Phi) is 11.9. The van der Waals surface area contributed by atoms with Crippen molar-refractivity contribution in [3.63, 3.8) is 0 Å². The van der Waals surface area contributed by atoms with Gasteiger partial charge in [0.1, 0.15) is 5.76 Å². The van der Waals surface area contributed by atoms with E-state index in [-0.39, 0.29) is 42.5 Å². The Morgan fingerprint density at radius 3 is 1.95 bits per heavy atom. The standard InChI is InChI=1S/C19H12NO.C15H28O2.Ir/c1-2-8-18(9-3-1)21-19-12-16-10-14-6-4-5-7-15(14)11-17(16)13-20-19;1-7-14(5,8-2)12(16)11-13(17)15(6,9-3)10-4;/h1-8,10-13H;11,16H,7-10H2,1-6H3;/q-1;;. The molecule has 0 unspecified atom stereocenters. The fourth-order valence-corrected chi connectivity index (χ4v) is 4.11. The molecular weight excluding hydrogens is 663 g/mol. The first kappa shape index (κ1) is 32.2. The molecule has 0 amide bonds. The predicted octanol–water partition coefficient (Wildman–Crippen LogP) is 9.63. The van der Waals surface area contributed by atoms with Crippen molar-refractivity contribution in [1.29, 1.82) is 0 Å². The number of aliphatic hydroxyl groups is 1. The number of carbonyl (C=O) groups is 1. The summed E-state index contributed by atoms with van der Waals surface area (Å²) >= 11 is 0. The smallest absolute Gasteiger partial charge is 0.217 e. The Morgan fingerprint density at radius 1 is 0.846 bits per heavy atom. The molecule has 209 valence electrons. The van der Waals surface area contributed by atoms with Gasteiger partial charge in [0, 0.05) is 60.4 Å². The first-order chi connectivity index (χ1) is 18.2. The molecular formula is C34H40IrNO3-. The summed E-state index contributed by atoms with van der Waals surface area (Å²) in [6.45, 7) is 12.1. The number of aliphatic hydroxyl groups excluding tert-OH is 1. The van der Waals surface area contributed by atoms with E-state index in [1.165, 1.54) is 16.8 Å². The first-order valence-electron chi connectivity index (χ1n) is 13.6. The third-order valence-corrected chi connectivity index (χ3v) is 8.06. The fraction of sp³-hybridized carbons (Fsp3) is 0.353. The van der Waals surface area contributed by atoms with Crippen molar-refractivity contribution >= 4 is 27.3 Å². The number of hydrogen-bond donors (Lipinski definition) is 1. The topological polar surface area (TPSA) is 59.4 Å². The number of aromatic nitrogens is 1. The molecule has 4 aromatic rings. The van der Waals surface area contributed by atoms with Gasteiger partial charge in [-0.05, 0) is 54.0 Å². The zero-order valence-corrected chi connectivity index (χ0v) is 26.3. The molecule has 0 saturated carbocycles. The summed E-state index contributed by atoms with van der Waals surface area (Å²) in [4.78, 5) is 16.5. The second-order valence-corrected chi connectivity index (χ2v) is 10.3. The van der Waals surface area contributed by atoms with E-state index in [1.807, 2.05) is 90.2 Å². The molecule has 0 bridgehead atoms. The Morgan fingerprint density at radius 2 is 1.41 bits per heavy atom. The minimum atomic E-state index is -0.337. The summed E-state index contributed by atoms with van der Waals surface area (Å²) in [5, 5.41) is 14.8. The van der Waals surface area contributed by atoms with Crippen LogP contribution in [0.15, 0.2) is 84.8 Å². The summed E-state index contributed by atoms with van der Waals surface area (Å²) in [5.41, 5.74) is -0.603. The molecule has 1 radical (unpaired) electrons. The Hall–Kier alpha value is -3.01. The summed E-state index contributed by atoms with van der Waals surface area (Å²) in [6, 6.07) is 25.1. The Bertz CT molecular complexity index is 1390. The number of para-hydroxylation sites is 1. The molecule has 5 heteroatoms. The third kappa shape index (κ3) is 8.00. The molecule has 1 heterocycles. The van der Waals surface area contributed by atoms with E-state index >= 15 is 0 Å². The Labute approximate surface area is 246 Å². The van der Waals surface area contributed by atoms with Gasteiger partial charge >= 0.3 is 0 Å². The average Bonchev–Trinajstić information content (AvgIpc) is 2.95. The maximum absolute atomic E-state index is 12.2. The number of nitrogens with zero attached hydrogens (tertiary/aromatic N) is 1. The molecule has 0 aliphatic heterocycles. The predicted molar refractivity (Wildman–Crippen MR) is 158 cm³/mol. The van der Waals surface area contributed by atoms with E-state index in [0.717, 1.165) is 36.5 Å². The average molecular weight is 703 g/mol. The van der Waals surface area contributed by atoms with Crippen LogP contribution in [0, 0.1) is 16.9 Å². The van der Waals surface area contributed by atoms with Gasteiger partial charge in [0.05, 0.1) is 0 Å². The maximum atomic E-state index is 12.2. The van der Waals surface area contributed by atoms with Crippen LogP contribution in [0.4, 0.5) is 0 Å². The quantitative estimate of drug-likeness (QED) is 0.0817. The van der Waals surface area contributed by atoms with Gasteiger partial charge in [-0.25, -0.2) is 4.98 Å². The molecule has 0 saturated heterocycles. The van der Waals surface area contributed by atoms with E-state index in [0.29, 0.717) is 11.6 Å². The third-order valence-electron chi connectivity index (χ3n) is 8.06. The van der Waals surface area contributed by atoms with Crippen LogP contribution in [-0.2, 0) is 24.9 Å². The maximum Gasteiger partial charge on any atom is 0.217 e. The van der Waals surface area contributed by atoms with E-state index < -0.39 is 0 Å². The minimum Gasteiger partial charge on any atom is -0.512 e. The van der Waals surface area contributed by atoms with Gasteiger partial charge in [0.25, 0.3) is 0 Å². The van der Waals surface area contributed by atoms with E-state index in [4.69, 9.17) is 4.74 Å². The number of rotatable bonds is 9. The van der Waals surface area contributed by atoms with E-state index in [1.54, 1.807) is 0 Å². The van der Waals surface area contributed by atoms with Crippen LogP contribution in [0.2, 0.25) is 0 Å². The molecule has 0 aliphatic rings. The zero-order valence-electron chi connectivity index (χ0n) is 23.9. The van der Waals surface area contributed by atoms with Crippen molar-refractivity contribution in [2.75, 3.05) is 0 Å². The monoisotopic (exact) mass is 703 g/mol. The van der Waals surface area contributed by atoms with Gasteiger partial charge in [0.15, 0.2) is 5.78 Å². The SMILES string of the molecule is CCC(C)(CC)C(=O)C=C(O)C(C)(CC)CC.[Ir].[c-]1ccccc1Oc1cc2cc3ccccc3cc2cn1. The van der Waals surface area contributed by atoms with Gasteiger partial charge < -0.3 is 9.84 Å². The number of allylic oxidation sites excluding steroid dienone is 2. The minimum absolute atomic E-state index is 0. The van der Waals surface area contributed by atoms with E-state index in [2.05, 4.69) is 35.3 Å². The molecule has 39 heavy (non-hydrogen) atoms. The molecule has 1 N–H and O–H groups in total. The second-order valence-electron chi connectivity index (χ2n) is 10.3. The summed E-state index contributed by atoms with van der Waals surface area (Å²) in [6.07, 6.45) is 6.60. The summed E-state index contributed by atoms with van der Waals surface area (Å²) < 4.78 is 5.73. The van der Waals surface area contributed by atoms with Crippen LogP contribution in [-0.4, -0.2) is 15.9 Å². The van der Waals surface area contributed by atoms with Crippen LogP contribution in [0.1, 0.15) is 67.2 Å². The van der Waals surface area contributed by atoms with Crippen LogP contribution < -0.4 is 4.74 Å². The van der Waals surface area contributed by atoms with Crippen LogP contribution in [0.25, 0.3) is 21.5 Å². The van der Waals surface area contributed by atoms with Crippen LogP contribution >= 0.6 is 0 Å². The van der Waals surface area contributed by atoms with Crippen molar-refractivity contribution in [2.24, 2.45) is 10.8 Å². The van der Waals surface area contributed by atoms with Gasteiger partial charge in [0.2, 0.25) is 5.88 Å². The largest absolute Gasteiger partial charge is 0.512 e. The number of benzene rings is 3. The summed E-state index contributed by atoms with van der Waals surface area (Å²) in [5.74, 6) is 1.54. The normalized spacial score (nSPS) is 11.9. The van der Waals surface area contributed by atoms with Crippen molar-refractivity contribution in [2.45, 2.75) is 67.2 Å².